The molecule has 1 aliphatic carbocycles. The molecule has 1 heterocycles. The van der Waals surface area contributed by atoms with Crippen molar-refractivity contribution in [1.29, 1.82) is 0 Å². The molecule has 2 rings (SSSR count). The molecule has 1 saturated heterocycles. The minimum atomic E-state index is 0.120. The van der Waals surface area contributed by atoms with Crippen LogP contribution in [0.25, 0.3) is 0 Å². The van der Waals surface area contributed by atoms with Gasteiger partial charge in [-0.2, -0.15) is 0 Å². The zero-order chi connectivity index (χ0) is 12.8. The molecule has 3 nitrogen and oxygen atoms in total. The molecule has 18 heavy (non-hydrogen) atoms. The topological polar surface area (TPSA) is 32.3 Å². The number of carbonyl (C=O) groups is 1. The maximum Gasteiger partial charge on any atom is 0.224 e. The number of piperidine rings is 1. The van der Waals surface area contributed by atoms with Crippen molar-refractivity contribution in [3.63, 3.8) is 0 Å². The molecule has 2 fully saturated rings. The second-order valence-corrected chi connectivity index (χ2v) is 5.75. The molecule has 0 aromatic heterocycles. The van der Waals surface area contributed by atoms with Gasteiger partial charge in [0.1, 0.15) is 0 Å². The number of rotatable bonds is 6. The van der Waals surface area contributed by atoms with E-state index in [4.69, 9.17) is 0 Å². The van der Waals surface area contributed by atoms with Gasteiger partial charge in [-0.05, 0) is 45.2 Å². The Morgan fingerprint density at radius 3 is 2.56 bits per heavy atom. The van der Waals surface area contributed by atoms with Gasteiger partial charge in [0.25, 0.3) is 0 Å². The van der Waals surface area contributed by atoms with Crippen molar-refractivity contribution in [2.45, 2.75) is 57.4 Å². The van der Waals surface area contributed by atoms with Gasteiger partial charge < -0.3 is 10.2 Å². The number of hydrogen-bond acceptors (Lipinski definition) is 2. The van der Waals surface area contributed by atoms with Crippen LogP contribution < -0.4 is 5.32 Å². The Bertz CT molecular complexity index is 302. The van der Waals surface area contributed by atoms with Crippen molar-refractivity contribution >= 4 is 5.91 Å². The van der Waals surface area contributed by atoms with Crippen molar-refractivity contribution in [3.05, 3.63) is 12.2 Å². The van der Waals surface area contributed by atoms with Gasteiger partial charge in [0.2, 0.25) is 5.91 Å². The molecule has 0 spiro atoms. The smallest absolute Gasteiger partial charge is 0.224 e. The third-order valence-electron chi connectivity index (χ3n) is 3.94. The predicted octanol–water partition coefficient (Wildman–Crippen LogP) is 2.48. The average molecular weight is 250 g/mol. The van der Waals surface area contributed by atoms with Gasteiger partial charge in [0.15, 0.2) is 0 Å². The van der Waals surface area contributed by atoms with Crippen molar-refractivity contribution in [3.8, 4) is 0 Å². The molecule has 3 heteroatoms. The molecule has 102 valence electrons. The Hall–Kier alpha value is -0.830. The van der Waals surface area contributed by atoms with E-state index in [0.717, 1.165) is 25.8 Å². The molecular formula is C15H26N2O. The molecule has 0 bridgehead atoms. The van der Waals surface area contributed by atoms with E-state index in [9.17, 15) is 4.79 Å². The van der Waals surface area contributed by atoms with Crippen molar-refractivity contribution in [2.75, 3.05) is 19.6 Å². The summed E-state index contributed by atoms with van der Waals surface area (Å²) in [6.45, 7) is 5.59. The van der Waals surface area contributed by atoms with Crippen LogP contribution in [0.15, 0.2) is 12.2 Å². The van der Waals surface area contributed by atoms with Crippen molar-refractivity contribution in [2.24, 2.45) is 0 Å². The highest BCUT2D eigenvalue weighted by molar-refractivity contribution is 5.78. The number of nitrogens with one attached hydrogen (secondary N) is 1. The highest BCUT2D eigenvalue weighted by Gasteiger charge is 2.44. The van der Waals surface area contributed by atoms with E-state index < -0.39 is 0 Å². The van der Waals surface area contributed by atoms with E-state index in [-0.39, 0.29) is 11.4 Å². The Morgan fingerprint density at radius 2 is 1.94 bits per heavy atom. The molecule has 1 N–H and O–H groups in total. The number of amides is 1. The van der Waals surface area contributed by atoms with E-state index in [2.05, 4.69) is 23.2 Å². The summed E-state index contributed by atoms with van der Waals surface area (Å²) >= 11 is 0. The first kappa shape index (κ1) is 13.6. The lowest BCUT2D eigenvalue weighted by Crippen LogP contribution is -2.47. The molecule has 1 saturated carbocycles. The zero-order valence-electron chi connectivity index (χ0n) is 11.6. The maximum atomic E-state index is 11.8. The number of likely N-dealkylation sites (tertiary alicyclic amines) is 1. The molecule has 0 unspecified atom stereocenters. The van der Waals surface area contributed by atoms with Crippen LogP contribution in [0, 0.1) is 0 Å². The molecule has 0 atom stereocenters. The number of hydrogen-bond donors (Lipinski definition) is 1. The first-order valence-corrected chi connectivity index (χ1v) is 7.42. The summed E-state index contributed by atoms with van der Waals surface area (Å²) in [4.78, 5) is 14.4. The third kappa shape index (κ3) is 4.13. The molecule has 1 aliphatic heterocycles. The van der Waals surface area contributed by atoms with Crippen LogP contribution in [0.3, 0.4) is 0 Å². The Morgan fingerprint density at radius 1 is 1.22 bits per heavy atom. The molecule has 2 aliphatic rings. The Balaban J connectivity index is 1.73. The van der Waals surface area contributed by atoms with Gasteiger partial charge >= 0.3 is 0 Å². The van der Waals surface area contributed by atoms with Crippen LogP contribution >= 0.6 is 0 Å². The summed E-state index contributed by atoms with van der Waals surface area (Å²) in [6.07, 6.45) is 11.9. The first-order valence-electron chi connectivity index (χ1n) is 7.42. The van der Waals surface area contributed by atoms with E-state index in [1.807, 2.05) is 6.08 Å². The SMILES string of the molecule is CC/C=C/CC(=O)NC1(CN2CCCCC2)CC1. The lowest BCUT2D eigenvalue weighted by molar-refractivity contribution is -0.121. The summed E-state index contributed by atoms with van der Waals surface area (Å²) in [7, 11) is 0. The highest BCUT2D eigenvalue weighted by Crippen LogP contribution is 2.36. The number of carbonyl (C=O) groups excluding carboxylic acids is 1. The van der Waals surface area contributed by atoms with Gasteiger partial charge in [-0.15, -0.1) is 0 Å². The lowest BCUT2D eigenvalue weighted by atomic mass is 10.1. The van der Waals surface area contributed by atoms with Gasteiger partial charge in [-0.3, -0.25) is 4.79 Å². The fourth-order valence-corrected chi connectivity index (χ4v) is 2.72. The fraction of sp³-hybridized carbons (Fsp3) is 0.800. The predicted molar refractivity (Wildman–Crippen MR) is 74.4 cm³/mol. The van der Waals surface area contributed by atoms with Crippen LogP contribution in [-0.2, 0) is 4.79 Å². The quantitative estimate of drug-likeness (QED) is 0.735. The second-order valence-electron chi connectivity index (χ2n) is 5.75. The zero-order valence-corrected chi connectivity index (χ0v) is 11.6. The average Bonchev–Trinajstić information content (AvgIpc) is 3.10. The van der Waals surface area contributed by atoms with Gasteiger partial charge in [0.05, 0.1) is 5.54 Å². The minimum Gasteiger partial charge on any atom is -0.349 e. The Kier molecular flexibility index (Phi) is 4.81. The van der Waals surface area contributed by atoms with E-state index in [1.165, 1.54) is 32.4 Å². The summed E-state index contributed by atoms with van der Waals surface area (Å²) < 4.78 is 0. The molecule has 0 aromatic carbocycles. The standard InChI is InChI=1S/C15H26N2O/c1-2-3-5-8-14(18)16-15(9-10-15)13-17-11-6-4-7-12-17/h3,5H,2,4,6-13H2,1H3,(H,16,18)/b5-3+. The van der Waals surface area contributed by atoms with E-state index >= 15 is 0 Å². The van der Waals surface area contributed by atoms with Gasteiger partial charge in [-0.25, -0.2) is 0 Å². The molecule has 0 aromatic rings. The molecule has 0 radical (unpaired) electrons. The number of allylic oxidation sites excluding steroid dienone is 1. The minimum absolute atomic E-state index is 0.120. The van der Waals surface area contributed by atoms with Crippen LogP contribution in [0.1, 0.15) is 51.9 Å². The lowest BCUT2D eigenvalue weighted by Gasteiger charge is -2.31. The van der Waals surface area contributed by atoms with Gasteiger partial charge in [0, 0.05) is 13.0 Å². The monoisotopic (exact) mass is 250 g/mol. The molecule has 1 amide bonds. The third-order valence-corrected chi connectivity index (χ3v) is 3.94. The van der Waals surface area contributed by atoms with Crippen LogP contribution in [-0.4, -0.2) is 36.0 Å². The summed E-state index contributed by atoms with van der Waals surface area (Å²) in [6, 6.07) is 0. The maximum absolute atomic E-state index is 11.8. The first-order chi connectivity index (χ1) is 8.74. The summed E-state index contributed by atoms with van der Waals surface area (Å²) in [5.74, 6) is 0.189. The number of nitrogens with zero attached hydrogens (tertiary/aromatic N) is 1. The van der Waals surface area contributed by atoms with Crippen LogP contribution in [0.2, 0.25) is 0 Å². The second kappa shape index (κ2) is 6.37. The van der Waals surface area contributed by atoms with Crippen LogP contribution in [0.4, 0.5) is 0 Å². The Labute approximate surface area is 111 Å². The fourth-order valence-electron chi connectivity index (χ4n) is 2.72. The van der Waals surface area contributed by atoms with Gasteiger partial charge in [-0.1, -0.05) is 25.5 Å². The van der Waals surface area contributed by atoms with Crippen LogP contribution in [0.5, 0.6) is 0 Å². The normalized spacial score (nSPS) is 23.2. The highest BCUT2D eigenvalue weighted by atomic mass is 16.1. The van der Waals surface area contributed by atoms with E-state index in [1.54, 1.807) is 0 Å². The summed E-state index contributed by atoms with van der Waals surface area (Å²) in [5.41, 5.74) is 0.120. The largest absolute Gasteiger partial charge is 0.349 e. The summed E-state index contributed by atoms with van der Waals surface area (Å²) in [5, 5.41) is 3.24. The van der Waals surface area contributed by atoms with Crippen molar-refractivity contribution in [1.82, 2.24) is 10.2 Å². The van der Waals surface area contributed by atoms with Crippen molar-refractivity contribution < 1.29 is 4.79 Å². The molecular weight excluding hydrogens is 224 g/mol. The van der Waals surface area contributed by atoms with E-state index in [0.29, 0.717) is 6.42 Å².